The number of aromatic nitrogens is 1. The van der Waals surface area contributed by atoms with E-state index in [1.807, 2.05) is 0 Å². The van der Waals surface area contributed by atoms with Gasteiger partial charge in [-0.1, -0.05) is 6.92 Å². The van der Waals surface area contributed by atoms with Crippen LogP contribution < -0.4 is 0 Å². The van der Waals surface area contributed by atoms with Gasteiger partial charge in [0.1, 0.15) is 0 Å². The summed E-state index contributed by atoms with van der Waals surface area (Å²) >= 11 is 0. The molecule has 1 aromatic heterocycles. The number of rotatable bonds is 1. The normalized spacial score (nSPS) is 10.1. The first-order valence-corrected chi connectivity index (χ1v) is 3.35. The standard InChI is InChI=1S/C8H13N/c1-4-8-6-9(3)5-7(8)2/h5-6H,4H2,1-3H3. The lowest BCUT2D eigenvalue weighted by molar-refractivity contribution is 0.918. The van der Waals surface area contributed by atoms with Gasteiger partial charge in [0.2, 0.25) is 0 Å². The van der Waals surface area contributed by atoms with Crippen molar-refractivity contribution in [3.8, 4) is 0 Å². The van der Waals surface area contributed by atoms with Crippen LogP contribution in [-0.2, 0) is 13.5 Å². The van der Waals surface area contributed by atoms with Gasteiger partial charge >= 0.3 is 0 Å². The van der Waals surface area contributed by atoms with Crippen molar-refractivity contribution in [1.82, 2.24) is 4.57 Å². The van der Waals surface area contributed by atoms with Crippen molar-refractivity contribution >= 4 is 0 Å². The van der Waals surface area contributed by atoms with Crippen molar-refractivity contribution in [2.75, 3.05) is 0 Å². The highest BCUT2D eigenvalue weighted by atomic mass is 14.9. The predicted octanol–water partition coefficient (Wildman–Crippen LogP) is 1.90. The fraction of sp³-hybridized carbons (Fsp3) is 0.500. The average Bonchev–Trinajstić information content (AvgIpc) is 2.10. The molecule has 1 heteroatoms. The first-order valence-electron chi connectivity index (χ1n) is 3.35. The van der Waals surface area contributed by atoms with E-state index in [1.54, 1.807) is 0 Å². The molecule has 0 bridgehead atoms. The van der Waals surface area contributed by atoms with Crippen molar-refractivity contribution in [3.63, 3.8) is 0 Å². The van der Waals surface area contributed by atoms with Gasteiger partial charge < -0.3 is 4.57 Å². The second-order valence-electron chi connectivity index (χ2n) is 2.49. The van der Waals surface area contributed by atoms with E-state index < -0.39 is 0 Å². The summed E-state index contributed by atoms with van der Waals surface area (Å²) < 4.78 is 2.11. The van der Waals surface area contributed by atoms with Gasteiger partial charge in [-0.2, -0.15) is 0 Å². The van der Waals surface area contributed by atoms with Gasteiger partial charge in [-0.05, 0) is 24.5 Å². The third-order valence-electron chi connectivity index (χ3n) is 1.64. The zero-order chi connectivity index (χ0) is 6.85. The van der Waals surface area contributed by atoms with Crippen LogP contribution in [0.4, 0.5) is 0 Å². The largest absolute Gasteiger partial charge is 0.357 e. The van der Waals surface area contributed by atoms with Gasteiger partial charge in [-0.25, -0.2) is 0 Å². The number of nitrogens with zero attached hydrogens (tertiary/aromatic N) is 1. The summed E-state index contributed by atoms with van der Waals surface area (Å²) in [7, 11) is 2.06. The SMILES string of the molecule is CCc1cn(C)cc1C. The summed E-state index contributed by atoms with van der Waals surface area (Å²) in [6.45, 7) is 4.33. The minimum atomic E-state index is 1.15. The first kappa shape index (κ1) is 6.40. The monoisotopic (exact) mass is 123 g/mol. The van der Waals surface area contributed by atoms with Crippen LogP contribution in [0.2, 0.25) is 0 Å². The molecule has 0 radical (unpaired) electrons. The quantitative estimate of drug-likeness (QED) is 0.537. The van der Waals surface area contributed by atoms with E-state index in [4.69, 9.17) is 0 Å². The summed E-state index contributed by atoms with van der Waals surface area (Å²) in [4.78, 5) is 0. The van der Waals surface area contributed by atoms with Gasteiger partial charge in [0.05, 0.1) is 0 Å². The Bertz CT molecular complexity index is 198. The van der Waals surface area contributed by atoms with E-state index >= 15 is 0 Å². The van der Waals surface area contributed by atoms with E-state index in [2.05, 4.69) is 37.9 Å². The summed E-state index contributed by atoms with van der Waals surface area (Å²) in [5.74, 6) is 0. The van der Waals surface area contributed by atoms with Crippen LogP contribution in [0.3, 0.4) is 0 Å². The molecule has 0 spiro atoms. The van der Waals surface area contributed by atoms with Crippen molar-refractivity contribution < 1.29 is 0 Å². The van der Waals surface area contributed by atoms with Gasteiger partial charge in [0.25, 0.3) is 0 Å². The van der Waals surface area contributed by atoms with Crippen LogP contribution in [0.1, 0.15) is 18.1 Å². The topological polar surface area (TPSA) is 4.93 Å². The lowest BCUT2D eigenvalue weighted by Crippen LogP contribution is -1.78. The molecule has 0 fully saturated rings. The fourth-order valence-corrected chi connectivity index (χ4v) is 1.14. The van der Waals surface area contributed by atoms with Gasteiger partial charge in [-0.3, -0.25) is 0 Å². The highest BCUT2D eigenvalue weighted by Crippen LogP contribution is 2.07. The van der Waals surface area contributed by atoms with Crippen LogP contribution in [0.15, 0.2) is 12.4 Å². The zero-order valence-electron chi connectivity index (χ0n) is 6.31. The third-order valence-corrected chi connectivity index (χ3v) is 1.64. The van der Waals surface area contributed by atoms with Crippen molar-refractivity contribution in [2.24, 2.45) is 7.05 Å². The smallest absolute Gasteiger partial charge is 0.0106 e. The Morgan fingerprint density at radius 2 is 2.11 bits per heavy atom. The van der Waals surface area contributed by atoms with Crippen LogP contribution >= 0.6 is 0 Å². The summed E-state index contributed by atoms with van der Waals surface area (Å²) in [5, 5.41) is 0. The molecule has 0 atom stereocenters. The zero-order valence-corrected chi connectivity index (χ0v) is 6.31. The Morgan fingerprint density at radius 3 is 2.33 bits per heavy atom. The Balaban J connectivity index is 3.01. The van der Waals surface area contributed by atoms with E-state index in [-0.39, 0.29) is 0 Å². The Kier molecular flexibility index (Phi) is 1.60. The number of hydrogen-bond donors (Lipinski definition) is 0. The molecule has 1 nitrogen and oxygen atoms in total. The molecule has 0 aliphatic heterocycles. The maximum atomic E-state index is 2.18. The van der Waals surface area contributed by atoms with Gasteiger partial charge in [0.15, 0.2) is 0 Å². The molecule has 9 heavy (non-hydrogen) atoms. The molecular weight excluding hydrogens is 110 g/mol. The molecule has 0 amide bonds. The lowest BCUT2D eigenvalue weighted by Gasteiger charge is -1.87. The second kappa shape index (κ2) is 2.26. The molecule has 0 aromatic carbocycles. The molecule has 1 heterocycles. The van der Waals surface area contributed by atoms with Crippen molar-refractivity contribution in [2.45, 2.75) is 20.3 Å². The van der Waals surface area contributed by atoms with E-state index in [1.165, 1.54) is 11.1 Å². The minimum Gasteiger partial charge on any atom is -0.357 e. The average molecular weight is 123 g/mol. The molecule has 0 aliphatic carbocycles. The highest BCUT2D eigenvalue weighted by molar-refractivity contribution is 5.21. The predicted molar refractivity (Wildman–Crippen MR) is 39.5 cm³/mol. The van der Waals surface area contributed by atoms with Crippen LogP contribution in [0.5, 0.6) is 0 Å². The molecule has 0 unspecified atom stereocenters. The molecule has 50 valence electrons. The summed E-state index contributed by atoms with van der Waals surface area (Å²) in [5.41, 5.74) is 2.86. The van der Waals surface area contributed by atoms with Crippen molar-refractivity contribution in [3.05, 3.63) is 23.5 Å². The van der Waals surface area contributed by atoms with E-state index in [9.17, 15) is 0 Å². The van der Waals surface area contributed by atoms with E-state index in [0.29, 0.717) is 0 Å². The highest BCUT2D eigenvalue weighted by Gasteiger charge is 1.95. The summed E-state index contributed by atoms with van der Waals surface area (Å²) in [6, 6.07) is 0. The van der Waals surface area contributed by atoms with Gasteiger partial charge in [-0.15, -0.1) is 0 Å². The molecule has 0 saturated heterocycles. The maximum Gasteiger partial charge on any atom is 0.0106 e. The van der Waals surface area contributed by atoms with Gasteiger partial charge in [0, 0.05) is 19.4 Å². The Morgan fingerprint density at radius 1 is 1.44 bits per heavy atom. The minimum absolute atomic E-state index is 1.15. The molecule has 0 saturated carbocycles. The molecule has 1 rings (SSSR count). The maximum absolute atomic E-state index is 2.18. The van der Waals surface area contributed by atoms with Crippen molar-refractivity contribution in [1.29, 1.82) is 0 Å². The lowest BCUT2D eigenvalue weighted by atomic mass is 10.2. The molecular formula is C8H13N. The fourth-order valence-electron chi connectivity index (χ4n) is 1.14. The van der Waals surface area contributed by atoms with Crippen LogP contribution in [0.25, 0.3) is 0 Å². The van der Waals surface area contributed by atoms with E-state index in [0.717, 1.165) is 6.42 Å². The molecule has 0 N–H and O–H groups in total. The van der Waals surface area contributed by atoms with Crippen LogP contribution in [-0.4, -0.2) is 4.57 Å². The molecule has 0 aliphatic rings. The second-order valence-corrected chi connectivity index (χ2v) is 2.49. The third kappa shape index (κ3) is 1.15. The number of aryl methyl sites for hydroxylation is 3. The number of hydrogen-bond acceptors (Lipinski definition) is 0. The Labute approximate surface area is 56.3 Å². The van der Waals surface area contributed by atoms with Crippen LogP contribution in [0, 0.1) is 6.92 Å². The molecule has 1 aromatic rings. The Hall–Kier alpha value is -0.720. The first-order chi connectivity index (χ1) is 4.24. The summed E-state index contributed by atoms with van der Waals surface area (Å²) in [6.07, 6.45) is 5.47.